The fraction of sp³-hybridized carbons (Fsp3) is 0.100. The molecule has 14 heavy (non-hydrogen) atoms. The topological polar surface area (TPSA) is 17.3 Å². The van der Waals surface area contributed by atoms with E-state index >= 15 is 0 Å². The Morgan fingerprint density at radius 3 is 3.21 bits per heavy atom. The van der Waals surface area contributed by atoms with E-state index in [1.165, 1.54) is 0 Å². The van der Waals surface area contributed by atoms with E-state index < -0.39 is 0 Å². The molecule has 0 saturated heterocycles. The van der Waals surface area contributed by atoms with E-state index in [0.717, 1.165) is 15.8 Å². The molecule has 2 aromatic heterocycles. The molecule has 0 unspecified atom stereocenters. The van der Waals surface area contributed by atoms with Crippen LogP contribution in [0.3, 0.4) is 0 Å². The van der Waals surface area contributed by atoms with Gasteiger partial charge in [0.05, 0.1) is 10.6 Å². The summed E-state index contributed by atoms with van der Waals surface area (Å²) >= 11 is 8.06. The van der Waals surface area contributed by atoms with Crippen LogP contribution in [0.2, 0.25) is 5.02 Å². The number of hydrogen-bond acceptors (Lipinski definition) is 1. The Hall–Kier alpha value is -0.730. The maximum absolute atomic E-state index is 5.84. The first-order chi connectivity index (χ1) is 6.81. The van der Waals surface area contributed by atoms with Crippen molar-refractivity contribution < 1.29 is 0 Å². The lowest BCUT2D eigenvalue weighted by molar-refractivity contribution is 1.16. The molecular formula is C10H6ClIN2. The second-order valence-corrected chi connectivity index (χ2v) is 3.85. The Bertz CT molecular complexity index is 522. The van der Waals surface area contributed by atoms with Gasteiger partial charge in [-0.3, -0.25) is 4.40 Å². The normalized spacial score (nSPS) is 9.86. The Morgan fingerprint density at radius 1 is 1.57 bits per heavy atom. The van der Waals surface area contributed by atoms with Crippen molar-refractivity contribution in [2.45, 2.75) is 0 Å². The summed E-state index contributed by atoms with van der Waals surface area (Å²) < 4.78 is 2.74. The fourth-order valence-corrected chi connectivity index (χ4v) is 1.52. The van der Waals surface area contributed by atoms with Crippen molar-refractivity contribution in [2.75, 3.05) is 4.43 Å². The molecule has 0 saturated carbocycles. The molecule has 0 radical (unpaired) electrons. The zero-order chi connectivity index (χ0) is 9.97. The van der Waals surface area contributed by atoms with E-state index in [2.05, 4.69) is 39.4 Å². The van der Waals surface area contributed by atoms with Crippen LogP contribution in [0.5, 0.6) is 0 Å². The SMILES string of the molecule is Clc1ccn2c(C#CCI)cnc2c1. The van der Waals surface area contributed by atoms with Crippen LogP contribution in [0, 0.1) is 11.8 Å². The average molecular weight is 317 g/mol. The lowest BCUT2D eigenvalue weighted by Crippen LogP contribution is -1.86. The number of imidazole rings is 1. The van der Waals surface area contributed by atoms with E-state index in [1.54, 1.807) is 6.20 Å². The second-order valence-electron chi connectivity index (χ2n) is 2.65. The van der Waals surface area contributed by atoms with Gasteiger partial charge in [0.2, 0.25) is 0 Å². The third kappa shape index (κ3) is 1.86. The summed E-state index contributed by atoms with van der Waals surface area (Å²) in [6.07, 6.45) is 3.63. The van der Waals surface area contributed by atoms with Gasteiger partial charge >= 0.3 is 0 Å². The quantitative estimate of drug-likeness (QED) is 0.415. The molecule has 0 N–H and O–H groups in total. The minimum atomic E-state index is 0.691. The first-order valence-electron chi connectivity index (χ1n) is 3.99. The minimum absolute atomic E-state index is 0.691. The van der Waals surface area contributed by atoms with Crippen molar-refractivity contribution >= 4 is 39.8 Å². The van der Waals surface area contributed by atoms with Crippen molar-refractivity contribution in [1.82, 2.24) is 9.38 Å². The number of aromatic nitrogens is 2. The summed E-state index contributed by atoms with van der Waals surface area (Å²) in [5.74, 6) is 6.04. The number of fused-ring (bicyclic) bond motifs is 1. The van der Waals surface area contributed by atoms with E-state index in [0.29, 0.717) is 5.02 Å². The lowest BCUT2D eigenvalue weighted by Gasteiger charge is -1.94. The largest absolute Gasteiger partial charge is 0.293 e. The van der Waals surface area contributed by atoms with Crippen LogP contribution in [0.4, 0.5) is 0 Å². The molecule has 0 amide bonds. The summed E-state index contributed by atoms with van der Waals surface area (Å²) in [7, 11) is 0. The van der Waals surface area contributed by atoms with Gasteiger partial charge in [-0.15, -0.1) is 0 Å². The van der Waals surface area contributed by atoms with Crippen LogP contribution < -0.4 is 0 Å². The highest BCUT2D eigenvalue weighted by Crippen LogP contribution is 2.12. The molecular weight excluding hydrogens is 310 g/mol. The number of nitrogens with zero attached hydrogens (tertiary/aromatic N) is 2. The molecule has 0 atom stereocenters. The number of halogens is 2. The monoisotopic (exact) mass is 316 g/mol. The Labute approximate surface area is 100 Å². The van der Waals surface area contributed by atoms with Gasteiger partial charge in [-0.2, -0.15) is 0 Å². The van der Waals surface area contributed by atoms with Crippen LogP contribution in [0.15, 0.2) is 24.5 Å². The van der Waals surface area contributed by atoms with Crippen molar-refractivity contribution in [3.8, 4) is 11.8 Å². The molecule has 70 valence electrons. The molecule has 2 nitrogen and oxygen atoms in total. The third-order valence-electron chi connectivity index (χ3n) is 1.76. The van der Waals surface area contributed by atoms with E-state index in [9.17, 15) is 0 Å². The van der Waals surface area contributed by atoms with Gasteiger partial charge in [0.15, 0.2) is 0 Å². The molecule has 0 fully saturated rings. The Kier molecular flexibility index (Phi) is 2.94. The fourth-order valence-electron chi connectivity index (χ4n) is 1.17. The summed E-state index contributed by atoms with van der Waals surface area (Å²) in [6.45, 7) is 0. The second kappa shape index (κ2) is 4.20. The van der Waals surface area contributed by atoms with Crippen LogP contribution in [-0.2, 0) is 0 Å². The number of alkyl halides is 1. The summed E-state index contributed by atoms with van der Waals surface area (Å²) in [5.41, 5.74) is 1.73. The molecule has 0 aliphatic rings. The highest BCUT2D eigenvalue weighted by molar-refractivity contribution is 14.1. The molecule has 0 aliphatic heterocycles. The average Bonchev–Trinajstić information content (AvgIpc) is 2.57. The zero-order valence-electron chi connectivity index (χ0n) is 7.17. The molecule has 2 rings (SSSR count). The van der Waals surface area contributed by atoms with Crippen molar-refractivity contribution in [2.24, 2.45) is 0 Å². The Morgan fingerprint density at radius 2 is 2.43 bits per heavy atom. The van der Waals surface area contributed by atoms with Gasteiger partial charge in [0.1, 0.15) is 11.3 Å². The van der Waals surface area contributed by atoms with Crippen molar-refractivity contribution in [1.29, 1.82) is 0 Å². The molecule has 2 heterocycles. The molecule has 0 bridgehead atoms. The van der Waals surface area contributed by atoms with Crippen LogP contribution in [0.25, 0.3) is 5.65 Å². The van der Waals surface area contributed by atoms with Crippen LogP contribution >= 0.6 is 34.2 Å². The molecule has 0 aliphatic carbocycles. The van der Waals surface area contributed by atoms with Crippen LogP contribution in [0.1, 0.15) is 5.69 Å². The minimum Gasteiger partial charge on any atom is -0.293 e. The standard InChI is InChI=1S/C10H6ClIN2/c11-8-3-5-14-9(2-1-4-12)7-13-10(14)6-8/h3,5-7H,4H2. The van der Waals surface area contributed by atoms with E-state index in [-0.39, 0.29) is 0 Å². The summed E-state index contributed by atoms with van der Waals surface area (Å²) in [5, 5.41) is 0.691. The predicted molar refractivity (Wildman–Crippen MR) is 66.0 cm³/mol. The highest BCUT2D eigenvalue weighted by atomic mass is 127. The summed E-state index contributed by atoms with van der Waals surface area (Å²) in [6, 6.07) is 3.64. The summed E-state index contributed by atoms with van der Waals surface area (Å²) in [4.78, 5) is 4.21. The lowest BCUT2D eigenvalue weighted by atomic mass is 10.4. The van der Waals surface area contributed by atoms with Crippen LogP contribution in [-0.4, -0.2) is 13.8 Å². The van der Waals surface area contributed by atoms with E-state index in [4.69, 9.17) is 11.6 Å². The predicted octanol–water partition coefficient (Wildman–Crippen LogP) is 2.77. The number of hydrogen-bond donors (Lipinski definition) is 0. The highest BCUT2D eigenvalue weighted by Gasteiger charge is 1.99. The molecule has 0 aromatic carbocycles. The van der Waals surface area contributed by atoms with Gasteiger partial charge < -0.3 is 0 Å². The molecule has 4 heteroatoms. The van der Waals surface area contributed by atoms with Gasteiger partial charge in [0.25, 0.3) is 0 Å². The zero-order valence-corrected chi connectivity index (χ0v) is 10.1. The van der Waals surface area contributed by atoms with Gasteiger partial charge in [-0.1, -0.05) is 40.1 Å². The third-order valence-corrected chi connectivity index (χ3v) is 2.38. The number of rotatable bonds is 0. The molecule has 2 aromatic rings. The van der Waals surface area contributed by atoms with E-state index in [1.807, 2.05) is 22.7 Å². The van der Waals surface area contributed by atoms with Crippen molar-refractivity contribution in [3.05, 3.63) is 35.2 Å². The number of pyridine rings is 1. The van der Waals surface area contributed by atoms with Gasteiger partial charge in [0, 0.05) is 17.3 Å². The van der Waals surface area contributed by atoms with Crippen molar-refractivity contribution in [3.63, 3.8) is 0 Å². The maximum Gasteiger partial charge on any atom is 0.139 e. The van der Waals surface area contributed by atoms with Gasteiger partial charge in [-0.25, -0.2) is 4.98 Å². The van der Waals surface area contributed by atoms with Gasteiger partial charge in [-0.05, 0) is 12.0 Å². The molecule has 0 spiro atoms. The first-order valence-corrected chi connectivity index (χ1v) is 5.89. The maximum atomic E-state index is 5.84. The smallest absolute Gasteiger partial charge is 0.139 e. The Balaban J connectivity index is 2.58. The first kappa shape index (κ1) is 9.81.